The van der Waals surface area contributed by atoms with Gasteiger partial charge in [0.2, 0.25) is 0 Å². The van der Waals surface area contributed by atoms with Gasteiger partial charge in [0.05, 0.1) is 17.1 Å². The molecule has 3 nitrogen and oxygen atoms in total. The summed E-state index contributed by atoms with van der Waals surface area (Å²) in [4.78, 5) is 0. The van der Waals surface area contributed by atoms with Crippen LogP contribution in [0.5, 0.6) is 0 Å². The summed E-state index contributed by atoms with van der Waals surface area (Å²) >= 11 is 0. The first-order valence-electron chi connectivity index (χ1n) is 9.01. The molecule has 118 valence electrons. The van der Waals surface area contributed by atoms with Gasteiger partial charge in [-0.05, 0) is 57.1 Å². The summed E-state index contributed by atoms with van der Waals surface area (Å²) in [6.07, 6.45) is 16.3. The van der Waals surface area contributed by atoms with Gasteiger partial charge in [-0.3, -0.25) is 0 Å². The average molecular weight is 315 g/mol. The third-order valence-corrected chi connectivity index (χ3v) is 8.98. The summed E-state index contributed by atoms with van der Waals surface area (Å²) in [7, 11) is -0.106. The Labute approximate surface area is 134 Å². The Bertz CT molecular complexity index is 594. The lowest BCUT2D eigenvalue weighted by molar-refractivity contribution is 0.486. The van der Waals surface area contributed by atoms with Gasteiger partial charge in [0.15, 0.2) is 0 Å². The lowest BCUT2D eigenvalue weighted by Gasteiger charge is -2.38. The number of rotatable bonds is 3. The Kier molecular flexibility index (Phi) is 4.43. The third kappa shape index (κ3) is 2.80. The molecule has 2 fully saturated rings. The van der Waals surface area contributed by atoms with Crippen molar-refractivity contribution < 1.29 is 0 Å². The second kappa shape index (κ2) is 6.66. The van der Waals surface area contributed by atoms with Gasteiger partial charge >= 0.3 is 0 Å². The highest BCUT2D eigenvalue weighted by Crippen LogP contribution is 2.54. The summed E-state index contributed by atoms with van der Waals surface area (Å²) in [6.45, 7) is 0. The van der Waals surface area contributed by atoms with Crippen molar-refractivity contribution in [1.29, 1.82) is 0 Å². The Morgan fingerprint density at radius 2 is 1.50 bits per heavy atom. The van der Waals surface area contributed by atoms with Crippen LogP contribution in [0.3, 0.4) is 0 Å². The van der Waals surface area contributed by atoms with Crippen molar-refractivity contribution in [1.82, 2.24) is 14.8 Å². The number of fused-ring (bicyclic) bond motifs is 1. The Morgan fingerprint density at radius 3 is 2.14 bits per heavy atom. The highest BCUT2D eigenvalue weighted by atomic mass is 31.1. The van der Waals surface area contributed by atoms with E-state index in [4.69, 9.17) is 0 Å². The van der Waals surface area contributed by atoms with E-state index in [0.29, 0.717) is 0 Å². The lowest BCUT2D eigenvalue weighted by atomic mass is 9.99. The van der Waals surface area contributed by atoms with Crippen LogP contribution in [-0.4, -0.2) is 26.1 Å². The zero-order valence-electron chi connectivity index (χ0n) is 13.3. The fourth-order valence-electron chi connectivity index (χ4n) is 4.42. The monoisotopic (exact) mass is 315 g/mol. The van der Waals surface area contributed by atoms with Crippen LogP contribution in [0.25, 0.3) is 5.52 Å². The highest BCUT2D eigenvalue weighted by Gasteiger charge is 2.33. The van der Waals surface area contributed by atoms with Gasteiger partial charge in [-0.1, -0.05) is 49.8 Å². The Balaban J connectivity index is 1.73. The third-order valence-electron chi connectivity index (χ3n) is 5.51. The minimum atomic E-state index is -0.106. The van der Waals surface area contributed by atoms with Crippen LogP contribution < -0.4 is 5.44 Å². The quantitative estimate of drug-likeness (QED) is 0.781. The maximum absolute atomic E-state index is 4.41. The lowest BCUT2D eigenvalue weighted by Crippen LogP contribution is -2.29. The van der Waals surface area contributed by atoms with Crippen molar-refractivity contribution in [2.24, 2.45) is 0 Å². The maximum Gasteiger partial charge on any atom is 0.0872 e. The van der Waals surface area contributed by atoms with Gasteiger partial charge in [0.25, 0.3) is 0 Å². The SMILES string of the molecule is c1cc(P(C2CCCCC2)C2CCCCC2)n2nncc2c1. The van der Waals surface area contributed by atoms with Gasteiger partial charge in [-0.25, -0.2) is 4.52 Å². The van der Waals surface area contributed by atoms with Crippen molar-refractivity contribution in [2.45, 2.75) is 75.5 Å². The molecule has 0 saturated heterocycles. The molecule has 0 spiro atoms. The van der Waals surface area contributed by atoms with Crippen LogP contribution >= 0.6 is 7.92 Å². The first-order valence-corrected chi connectivity index (χ1v) is 10.5. The van der Waals surface area contributed by atoms with Crippen LogP contribution in [0.15, 0.2) is 24.4 Å². The average Bonchev–Trinajstić information content (AvgIpc) is 3.07. The molecule has 0 bridgehead atoms. The number of hydrogen-bond acceptors (Lipinski definition) is 2. The van der Waals surface area contributed by atoms with Crippen LogP contribution in [-0.2, 0) is 0 Å². The van der Waals surface area contributed by atoms with E-state index in [1.807, 2.05) is 6.20 Å². The van der Waals surface area contributed by atoms with E-state index in [1.54, 1.807) is 0 Å². The molecule has 22 heavy (non-hydrogen) atoms. The maximum atomic E-state index is 4.41. The Hall–Kier alpha value is -0.950. The molecular formula is C18H26N3P. The predicted molar refractivity (Wildman–Crippen MR) is 93.3 cm³/mol. The van der Waals surface area contributed by atoms with Gasteiger partial charge in [-0.2, -0.15) is 0 Å². The van der Waals surface area contributed by atoms with E-state index < -0.39 is 0 Å². The summed E-state index contributed by atoms with van der Waals surface area (Å²) in [5, 5.41) is 8.57. The molecule has 2 heterocycles. The van der Waals surface area contributed by atoms with Crippen LogP contribution in [0.1, 0.15) is 64.2 Å². The van der Waals surface area contributed by atoms with Crippen molar-refractivity contribution in [3.63, 3.8) is 0 Å². The summed E-state index contributed by atoms with van der Waals surface area (Å²) in [5.74, 6) is 0. The fourth-order valence-corrected chi connectivity index (χ4v) is 8.24. The molecule has 0 aliphatic heterocycles. The number of pyridine rings is 1. The zero-order valence-corrected chi connectivity index (χ0v) is 14.2. The molecule has 0 atom stereocenters. The molecule has 2 saturated carbocycles. The molecule has 4 heteroatoms. The molecule has 0 unspecified atom stereocenters. The number of nitrogens with zero attached hydrogens (tertiary/aromatic N) is 3. The first kappa shape index (κ1) is 14.6. The summed E-state index contributed by atoms with van der Waals surface area (Å²) < 4.78 is 2.15. The molecule has 2 aliphatic carbocycles. The highest BCUT2D eigenvalue weighted by molar-refractivity contribution is 7.66. The Morgan fingerprint density at radius 1 is 0.864 bits per heavy atom. The molecule has 4 rings (SSSR count). The van der Waals surface area contributed by atoms with Crippen molar-refractivity contribution in [3.8, 4) is 0 Å². The van der Waals surface area contributed by atoms with E-state index in [-0.39, 0.29) is 7.92 Å². The van der Waals surface area contributed by atoms with Crippen LogP contribution in [0, 0.1) is 0 Å². The largest absolute Gasteiger partial charge is 0.213 e. The van der Waals surface area contributed by atoms with E-state index in [2.05, 4.69) is 33.0 Å². The van der Waals surface area contributed by atoms with Gasteiger partial charge in [0, 0.05) is 0 Å². The summed E-state index contributed by atoms with van der Waals surface area (Å²) in [5.41, 5.74) is 4.49. The molecule has 0 radical (unpaired) electrons. The zero-order chi connectivity index (χ0) is 14.8. The van der Waals surface area contributed by atoms with E-state index >= 15 is 0 Å². The second-order valence-electron chi connectivity index (χ2n) is 6.95. The standard InChI is InChI=1S/C18H26N3P/c1-3-9-16(10-4-1)22(17-11-5-2-6-12-17)18-13-7-8-15-14-19-20-21(15)18/h7-8,13-14,16-17H,1-6,9-12H2. The topological polar surface area (TPSA) is 30.2 Å². The second-order valence-corrected chi connectivity index (χ2v) is 9.68. The molecule has 2 aromatic rings. The summed E-state index contributed by atoms with van der Waals surface area (Å²) in [6, 6.07) is 6.70. The number of hydrogen-bond donors (Lipinski definition) is 0. The molecule has 0 aromatic carbocycles. The molecule has 2 aromatic heterocycles. The van der Waals surface area contributed by atoms with E-state index in [9.17, 15) is 0 Å². The fraction of sp³-hybridized carbons (Fsp3) is 0.667. The van der Waals surface area contributed by atoms with Gasteiger partial charge in [-0.15, -0.1) is 5.10 Å². The minimum absolute atomic E-state index is 0.106. The van der Waals surface area contributed by atoms with Crippen molar-refractivity contribution >= 4 is 18.9 Å². The van der Waals surface area contributed by atoms with Crippen molar-refractivity contribution in [2.75, 3.05) is 0 Å². The normalized spacial score (nSPS) is 21.7. The molecule has 2 aliphatic rings. The van der Waals surface area contributed by atoms with Gasteiger partial charge < -0.3 is 0 Å². The van der Waals surface area contributed by atoms with Crippen LogP contribution in [0.2, 0.25) is 0 Å². The smallest absolute Gasteiger partial charge is 0.0872 e. The first-order chi connectivity index (χ1) is 10.9. The van der Waals surface area contributed by atoms with Gasteiger partial charge in [0.1, 0.15) is 0 Å². The van der Waals surface area contributed by atoms with E-state index in [0.717, 1.165) is 16.8 Å². The predicted octanol–water partition coefficient (Wildman–Crippen LogP) is 4.50. The molecule has 0 amide bonds. The number of aromatic nitrogens is 3. The molecule has 0 N–H and O–H groups in total. The molecular weight excluding hydrogens is 289 g/mol. The van der Waals surface area contributed by atoms with E-state index in [1.165, 1.54) is 69.6 Å². The van der Waals surface area contributed by atoms with Crippen molar-refractivity contribution in [3.05, 3.63) is 24.4 Å². The minimum Gasteiger partial charge on any atom is -0.213 e. The van der Waals surface area contributed by atoms with Crippen LogP contribution in [0.4, 0.5) is 0 Å².